The molecule has 0 radical (unpaired) electrons. The fourth-order valence-electron chi connectivity index (χ4n) is 1.90. The molecule has 0 fully saturated rings. The maximum atomic E-state index is 5.56. The molecule has 14 heavy (non-hydrogen) atoms. The van der Waals surface area contributed by atoms with Gasteiger partial charge in [-0.05, 0) is 31.0 Å². The Bertz CT molecular complexity index is 482. The van der Waals surface area contributed by atoms with E-state index in [0.29, 0.717) is 0 Å². The highest BCUT2D eigenvalue weighted by atomic mass is 16.5. The smallest absolute Gasteiger partial charge is 0.124 e. The molecule has 2 heterocycles. The van der Waals surface area contributed by atoms with Crippen LogP contribution in [0.4, 0.5) is 0 Å². The first-order chi connectivity index (χ1) is 6.95. The van der Waals surface area contributed by atoms with E-state index in [1.54, 1.807) is 6.20 Å². The van der Waals surface area contributed by atoms with E-state index in [4.69, 9.17) is 4.74 Å². The molecule has 0 unspecified atom stereocenters. The Morgan fingerprint density at radius 3 is 3.21 bits per heavy atom. The van der Waals surface area contributed by atoms with E-state index in [9.17, 15) is 0 Å². The Morgan fingerprint density at radius 1 is 1.21 bits per heavy atom. The predicted octanol–water partition coefficient (Wildman–Crippen LogP) is 1.95. The second kappa shape index (κ2) is 2.94. The molecule has 70 valence electrons. The number of hydrogen-bond donors (Lipinski definition) is 0. The minimum absolute atomic E-state index is 0.818. The van der Waals surface area contributed by atoms with Crippen molar-refractivity contribution >= 4 is 10.9 Å². The topological polar surface area (TPSA) is 35.0 Å². The monoisotopic (exact) mass is 186 g/mol. The third-order valence-corrected chi connectivity index (χ3v) is 2.58. The van der Waals surface area contributed by atoms with Crippen molar-refractivity contribution in [3.05, 3.63) is 30.0 Å². The molecule has 0 spiro atoms. The van der Waals surface area contributed by atoms with E-state index in [1.807, 2.05) is 18.2 Å². The molecule has 0 bridgehead atoms. The Labute approximate surface area is 81.7 Å². The molecule has 0 atom stereocenters. The standard InChI is InChI=1S/C11H10N2O/c1-2-9-10(14-7-1)4-3-8-5-6-12-13-11(8)9/h3-6H,1-2,7H2. The van der Waals surface area contributed by atoms with Gasteiger partial charge in [0.2, 0.25) is 0 Å². The summed E-state index contributed by atoms with van der Waals surface area (Å²) in [5.41, 5.74) is 2.20. The van der Waals surface area contributed by atoms with Gasteiger partial charge in [-0.1, -0.05) is 0 Å². The fraction of sp³-hybridized carbons (Fsp3) is 0.273. The van der Waals surface area contributed by atoms with Gasteiger partial charge in [0, 0.05) is 10.9 Å². The van der Waals surface area contributed by atoms with Crippen molar-refractivity contribution < 1.29 is 4.74 Å². The molecule has 0 amide bonds. The van der Waals surface area contributed by atoms with Crippen LogP contribution in [0.15, 0.2) is 24.4 Å². The van der Waals surface area contributed by atoms with Gasteiger partial charge in [0.1, 0.15) is 5.75 Å². The van der Waals surface area contributed by atoms with Crippen LogP contribution >= 0.6 is 0 Å². The van der Waals surface area contributed by atoms with Crippen molar-refractivity contribution in [3.8, 4) is 5.75 Å². The molecular formula is C11H10N2O. The van der Waals surface area contributed by atoms with Crippen LogP contribution in [0.2, 0.25) is 0 Å². The van der Waals surface area contributed by atoms with Gasteiger partial charge in [-0.25, -0.2) is 0 Å². The van der Waals surface area contributed by atoms with E-state index in [0.717, 1.165) is 36.1 Å². The third-order valence-electron chi connectivity index (χ3n) is 2.58. The lowest BCUT2D eigenvalue weighted by Gasteiger charge is -2.17. The number of hydrogen-bond acceptors (Lipinski definition) is 3. The van der Waals surface area contributed by atoms with Gasteiger partial charge in [-0.2, -0.15) is 10.2 Å². The summed E-state index contributed by atoms with van der Waals surface area (Å²) < 4.78 is 5.56. The minimum atomic E-state index is 0.818. The van der Waals surface area contributed by atoms with Gasteiger partial charge in [-0.15, -0.1) is 0 Å². The summed E-state index contributed by atoms with van der Waals surface area (Å²) >= 11 is 0. The van der Waals surface area contributed by atoms with Gasteiger partial charge in [0.05, 0.1) is 18.3 Å². The first-order valence-electron chi connectivity index (χ1n) is 4.81. The number of nitrogens with zero attached hydrogens (tertiary/aromatic N) is 2. The first kappa shape index (κ1) is 7.74. The lowest BCUT2D eigenvalue weighted by atomic mass is 10.0. The highest BCUT2D eigenvalue weighted by Gasteiger charge is 2.13. The van der Waals surface area contributed by atoms with Gasteiger partial charge in [0.15, 0.2) is 0 Å². The number of benzene rings is 1. The Balaban J connectivity index is 2.34. The lowest BCUT2D eigenvalue weighted by Crippen LogP contribution is -2.09. The Hall–Kier alpha value is -1.64. The first-order valence-corrected chi connectivity index (χ1v) is 4.81. The maximum absolute atomic E-state index is 5.56. The maximum Gasteiger partial charge on any atom is 0.124 e. The van der Waals surface area contributed by atoms with Crippen LogP contribution in [-0.2, 0) is 6.42 Å². The molecule has 2 aromatic rings. The van der Waals surface area contributed by atoms with Crippen LogP contribution in [0.5, 0.6) is 5.75 Å². The van der Waals surface area contributed by atoms with Crippen molar-refractivity contribution in [2.75, 3.05) is 6.61 Å². The largest absolute Gasteiger partial charge is 0.493 e. The van der Waals surface area contributed by atoms with Crippen LogP contribution in [0, 0.1) is 0 Å². The second-order valence-corrected chi connectivity index (χ2v) is 3.46. The molecule has 3 rings (SSSR count). The number of rotatable bonds is 0. The lowest BCUT2D eigenvalue weighted by molar-refractivity contribution is 0.289. The van der Waals surface area contributed by atoms with Gasteiger partial charge < -0.3 is 4.74 Å². The molecule has 0 saturated heterocycles. The normalized spacial score (nSPS) is 14.9. The molecule has 3 heteroatoms. The van der Waals surface area contributed by atoms with Crippen molar-refractivity contribution in [2.45, 2.75) is 12.8 Å². The van der Waals surface area contributed by atoms with Crippen LogP contribution in [-0.4, -0.2) is 16.8 Å². The van der Waals surface area contributed by atoms with Crippen LogP contribution in [0.1, 0.15) is 12.0 Å². The average Bonchev–Trinajstić information content (AvgIpc) is 2.29. The van der Waals surface area contributed by atoms with Gasteiger partial charge >= 0.3 is 0 Å². The molecule has 1 aliphatic rings. The number of fused-ring (bicyclic) bond motifs is 3. The molecule has 0 aliphatic carbocycles. The molecule has 1 aliphatic heterocycles. The number of ether oxygens (including phenoxy) is 1. The number of aryl methyl sites for hydroxylation is 1. The zero-order valence-corrected chi connectivity index (χ0v) is 7.73. The summed E-state index contributed by atoms with van der Waals surface area (Å²) in [6, 6.07) is 6.05. The van der Waals surface area contributed by atoms with E-state index in [2.05, 4.69) is 10.2 Å². The van der Waals surface area contributed by atoms with E-state index >= 15 is 0 Å². The quantitative estimate of drug-likeness (QED) is 0.630. The zero-order valence-electron chi connectivity index (χ0n) is 7.73. The summed E-state index contributed by atoms with van der Waals surface area (Å²) in [6.07, 6.45) is 3.84. The highest BCUT2D eigenvalue weighted by molar-refractivity contribution is 5.83. The van der Waals surface area contributed by atoms with Crippen molar-refractivity contribution in [2.24, 2.45) is 0 Å². The second-order valence-electron chi connectivity index (χ2n) is 3.46. The summed E-state index contributed by atoms with van der Waals surface area (Å²) in [6.45, 7) is 0.818. The van der Waals surface area contributed by atoms with Gasteiger partial charge in [-0.3, -0.25) is 0 Å². The minimum Gasteiger partial charge on any atom is -0.493 e. The van der Waals surface area contributed by atoms with Crippen molar-refractivity contribution in [3.63, 3.8) is 0 Å². The van der Waals surface area contributed by atoms with Crippen LogP contribution in [0.25, 0.3) is 10.9 Å². The third kappa shape index (κ3) is 1.05. The SMILES string of the molecule is c1cc2ccc3c(c2nn1)CCCO3. The van der Waals surface area contributed by atoms with E-state index < -0.39 is 0 Å². The summed E-state index contributed by atoms with van der Waals surface area (Å²) in [5.74, 6) is 0.976. The van der Waals surface area contributed by atoms with Gasteiger partial charge in [0.25, 0.3) is 0 Å². The molecule has 1 aromatic carbocycles. The zero-order chi connectivity index (χ0) is 9.38. The van der Waals surface area contributed by atoms with Crippen LogP contribution < -0.4 is 4.74 Å². The predicted molar refractivity (Wildman–Crippen MR) is 53.4 cm³/mol. The summed E-state index contributed by atoms with van der Waals surface area (Å²) in [4.78, 5) is 0. The van der Waals surface area contributed by atoms with E-state index in [1.165, 1.54) is 5.56 Å². The highest BCUT2D eigenvalue weighted by Crippen LogP contribution is 2.30. The molecule has 1 aromatic heterocycles. The van der Waals surface area contributed by atoms with E-state index in [-0.39, 0.29) is 0 Å². The molecule has 0 N–H and O–H groups in total. The molecule has 3 nitrogen and oxygen atoms in total. The Morgan fingerprint density at radius 2 is 2.21 bits per heavy atom. The van der Waals surface area contributed by atoms with Crippen molar-refractivity contribution in [1.29, 1.82) is 0 Å². The Kier molecular flexibility index (Phi) is 1.63. The van der Waals surface area contributed by atoms with Crippen LogP contribution in [0.3, 0.4) is 0 Å². The average molecular weight is 186 g/mol. The molecular weight excluding hydrogens is 176 g/mol. The summed E-state index contributed by atoms with van der Waals surface area (Å²) in [5, 5.41) is 9.22. The fourth-order valence-corrected chi connectivity index (χ4v) is 1.90. The number of aromatic nitrogens is 2. The summed E-state index contributed by atoms with van der Waals surface area (Å²) in [7, 11) is 0. The molecule has 0 saturated carbocycles. The van der Waals surface area contributed by atoms with Crippen molar-refractivity contribution in [1.82, 2.24) is 10.2 Å².